The summed E-state index contributed by atoms with van der Waals surface area (Å²) in [7, 11) is 0. The third kappa shape index (κ3) is 2.56. The molecule has 0 radical (unpaired) electrons. The van der Waals surface area contributed by atoms with Gasteiger partial charge in [-0.2, -0.15) is 0 Å². The molecule has 146 valence electrons. The van der Waals surface area contributed by atoms with Crippen LogP contribution in [0.5, 0.6) is 0 Å². The van der Waals surface area contributed by atoms with Crippen LogP contribution in [-0.4, -0.2) is 12.3 Å². The van der Waals surface area contributed by atoms with Gasteiger partial charge in [-0.1, -0.05) is 52.4 Å². The minimum absolute atomic E-state index is 0.174. The summed E-state index contributed by atoms with van der Waals surface area (Å²) in [5, 5.41) is 0. The number of halogens is 1. The molecule has 3 heteroatoms. The number of rotatable bonds is 2. The normalized spacial score (nSPS) is 30.8. The maximum absolute atomic E-state index is 12.3. The highest BCUT2D eigenvalue weighted by atomic mass is 79.9. The monoisotopic (exact) mass is 445 g/mol. The lowest BCUT2D eigenvalue weighted by molar-refractivity contribution is 0.101. The number of hydrogen-bond acceptors (Lipinski definition) is 2. The second-order valence-corrected chi connectivity index (χ2v) is 9.93. The third-order valence-corrected chi connectivity index (χ3v) is 8.00. The average molecular weight is 446 g/mol. The van der Waals surface area contributed by atoms with Gasteiger partial charge in [-0.3, -0.25) is 4.79 Å². The molecule has 2 aromatic carbocycles. The first kappa shape index (κ1) is 17.7. The van der Waals surface area contributed by atoms with Gasteiger partial charge in [0.25, 0.3) is 0 Å². The zero-order valence-electron chi connectivity index (χ0n) is 16.5. The molecule has 0 saturated carbocycles. The molecule has 5 atom stereocenters. The smallest absolute Gasteiger partial charge is 0.159 e. The molecule has 2 nitrogen and oxygen atoms in total. The highest BCUT2D eigenvalue weighted by Gasteiger charge is 2.47. The van der Waals surface area contributed by atoms with Crippen molar-refractivity contribution >= 4 is 27.4 Å². The molecule has 0 amide bonds. The highest BCUT2D eigenvalue weighted by Crippen LogP contribution is 2.58. The van der Waals surface area contributed by atoms with Crippen molar-refractivity contribution in [1.82, 2.24) is 0 Å². The van der Waals surface area contributed by atoms with Crippen LogP contribution in [0.25, 0.3) is 0 Å². The molecule has 2 heterocycles. The summed E-state index contributed by atoms with van der Waals surface area (Å²) in [6, 6.07) is 13.7. The lowest BCUT2D eigenvalue weighted by atomic mass is 9.70. The summed E-state index contributed by atoms with van der Waals surface area (Å²) >= 11 is 3.60. The molecule has 0 bridgehead atoms. The van der Waals surface area contributed by atoms with Crippen LogP contribution in [0, 0.1) is 11.8 Å². The predicted octanol–water partition coefficient (Wildman–Crippen LogP) is 6.55. The third-order valence-electron chi connectivity index (χ3n) is 7.47. The summed E-state index contributed by atoms with van der Waals surface area (Å²) in [6.45, 7) is 2.80. The van der Waals surface area contributed by atoms with Gasteiger partial charge in [0.15, 0.2) is 5.78 Å². The van der Waals surface area contributed by atoms with Crippen molar-refractivity contribution in [2.24, 2.45) is 11.8 Å². The average Bonchev–Trinajstić information content (AvgIpc) is 3.38. The number of anilines is 1. The topological polar surface area (TPSA) is 20.3 Å². The standard InChI is InChI=1S/C26H24BrNO/c1-15(29)18-12-23-20-5-2-4-17(20)14-28-25(16-8-10-19(27)11-9-16)22-7-3-6-21(22)24(13-18)26(23)28/h2-3,5-6,8-13,17,20-22,25H,4,7,14H2,1H3/t17-,20+,21+,22-,25+/m0/s1. The van der Waals surface area contributed by atoms with Gasteiger partial charge in [0.2, 0.25) is 0 Å². The van der Waals surface area contributed by atoms with E-state index >= 15 is 0 Å². The van der Waals surface area contributed by atoms with Crippen molar-refractivity contribution in [2.75, 3.05) is 11.4 Å². The molecule has 4 aliphatic rings. The fourth-order valence-corrected chi connectivity index (χ4v) is 6.48. The van der Waals surface area contributed by atoms with Gasteiger partial charge in [0, 0.05) is 34.1 Å². The number of fused-ring (bicyclic) bond motifs is 4. The van der Waals surface area contributed by atoms with Gasteiger partial charge in [-0.15, -0.1) is 0 Å². The summed E-state index contributed by atoms with van der Waals surface area (Å²) in [5.74, 6) is 2.17. The number of Topliss-reactive ketones (excluding diaryl/α,β-unsaturated/α-hetero) is 1. The molecular formula is C26H24BrNO. The second-order valence-electron chi connectivity index (χ2n) is 9.01. The number of ketones is 1. The zero-order chi connectivity index (χ0) is 19.7. The van der Waals surface area contributed by atoms with E-state index in [4.69, 9.17) is 0 Å². The van der Waals surface area contributed by atoms with Gasteiger partial charge < -0.3 is 4.90 Å². The molecule has 29 heavy (non-hydrogen) atoms. The SMILES string of the molecule is CC(=O)c1cc2c3c(c1)[C@@H]1C=CC[C@@H]1[C@@H](c1ccc(Br)cc1)N3C[C@@H]1CC=C[C@@H]21. The number of benzene rings is 2. The first-order valence-electron chi connectivity index (χ1n) is 10.7. The van der Waals surface area contributed by atoms with Crippen molar-refractivity contribution in [1.29, 1.82) is 0 Å². The van der Waals surface area contributed by atoms with Crippen LogP contribution >= 0.6 is 15.9 Å². The zero-order valence-corrected chi connectivity index (χ0v) is 18.1. The fraction of sp³-hybridized carbons (Fsp3) is 0.346. The lowest BCUT2D eigenvalue weighted by Gasteiger charge is -2.51. The summed E-state index contributed by atoms with van der Waals surface area (Å²) in [6.07, 6.45) is 11.7. The maximum Gasteiger partial charge on any atom is 0.159 e. The Balaban J connectivity index is 1.59. The number of nitrogens with zero attached hydrogens (tertiary/aromatic N) is 1. The number of carbonyl (C=O) groups is 1. The quantitative estimate of drug-likeness (QED) is 0.385. The van der Waals surface area contributed by atoms with Crippen LogP contribution in [-0.2, 0) is 0 Å². The predicted molar refractivity (Wildman–Crippen MR) is 121 cm³/mol. The Morgan fingerprint density at radius 3 is 2.45 bits per heavy atom. The molecule has 0 unspecified atom stereocenters. The summed E-state index contributed by atoms with van der Waals surface area (Å²) in [4.78, 5) is 15.0. The number of hydrogen-bond donors (Lipinski definition) is 0. The molecule has 0 fully saturated rings. The Labute approximate surface area is 180 Å². The Morgan fingerprint density at radius 2 is 1.69 bits per heavy atom. The van der Waals surface area contributed by atoms with Gasteiger partial charge in [-0.25, -0.2) is 0 Å². The second kappa shape index (κ2) is 6.43. The van der Waals surface area contributed by atoms with Crippen LogP contribution in [0.1, 0.15) is 64.7 Å². The van der Waals surface area contributed by atoms with E-state index in [9.17, 15) is 4.79 Å². The van der Waals surface area contributed by atoms with E-state index < -0.39 is 0 Å². The van der Waals surface area contributed by atoms with E-state index in [0.29, 0.717) is 29.7 Å². The Hall–Kier alpha value is -2.13. The highest BCUT2D eigenvalue weighted by molar-refractivity contribution is 9.10. The van der Waals surface area contributed by atoms with Crippen molar-refractivity contribution in [2.45, 2.75) is 37.6 Å². The minimum Gasteiger partial charge on any atom is -0.363 e. The first-order chi connectivity index (χ1) is 14.1. The van der Waals surface area contributed by atoms with Crippen LogP contribution in [0.4, 0.5) is 5.69 Å². The van der Waals surface area contributed by atoms with Crippen molar-refractivity contribution < 1.29 is 4.79 Å². The Bertz CT molecular complexity index is 1050. The largest absolute Gasteiger partial charge is 0.363 e. The van der Waals surface area contributed by atoms with E-state index in [1.54, 1.807) is 6.92 Å². The first-order valence-corrected chi connectivity index (χ1v) is 11.5. The molecule has 2 aromatic rings. The minimum atomic E-state index is 0.174. The summed E-state index contributed by atoms with van der Waals surface area (Å²) < 4.78 is 1.13. The molecule has 0 saturated heterocycles. The van der Waals surface area contributed by atoms with Gasteiger partial charge in [0.1, 0.15) is 0 Å². The molecule has 2 aliphatic heterocycles. The lowest BCUT2D eigenvalue weighted by Crippen LogP contribution is -2.46. The van der Waals surface area contributed by atoms with Crippen molar-refractivity contribution in [3.05, 3.63) is 87.4 Å². The molecule has 0 aromatic heterocycles. The van der Waals surface area contributed by atoms with Crippen LogP contribution < -0.4 is 4.90 Å². The van der Waals surface area contributed by atoms with Crippen LogP contribution in [0.3, 0.4) is 0 Å². The maximum atomic E-state index is 12.3. The van der Waals surface area contributed by atoms with E-state index in [1.165, 1.54) is 22.4 Å². The molecule has 0 spiro atoms. The van der Waals surface area contributed by atoms with Gasteiger partial charge in [-0.05, 0) is 72.6 Å². The number of allylic oxidation sites excluding steroid dienone is 4. The number of carbonyl (C=O) groups excluding carboxylic acids is 1. The van der Waals surface area contributed by atoms with Gasteiger partial charge >= 0.3 is 0 Å². The Morgan fingerprint density at radius 1 is 1.00 bits per heavy atom. The van der Waals surface area contributed by atoms with E-state index in [1.807, 2.05) is 0 Å². The van der Waals surface area contributed by atoms with Crippen LogP contribution in [0.15, 0.2) is 65.2 Å². The van der Waals surface area contributed by atoms with Crippen molar-refractivity contribution in [3.63, 3.8) is 0 Å². The molecular weight excluding hydrogens is 422 g/mol. The molecule has 6 rings (SSSR count). The fourth-order valence-electron chi connectivity index (χ4n) is 6.22. The van der Waals surface area contributed by atoms with Gasteiger partial charge in [0.05, 0.1) is 6.04 Å². The van der Waals surface area contributed by atoms with E-state index in [0.717, 1.165) is 29.4 Å². The van der Waals surface area contributed by atoms with Crippen molar-refractivity contribution in [3.8, 4) is 0 Å². The van der Waals surface area contributed by atoms with E-state index in [2.05, 4.69) is 81.5 Å². The molecule has 0 N–H and O–H groups in total. The molecule has 2 aliphatic carbocycles. The Kier molecular flexibility index (Phi) is 3.93. The van der Waals surface area contributed by atoms with Crippen LogP contribution in [0.2, 0.25) is 0 Å². The van der Waals surface area contributed by atoms with E-state index in [-0.39, 0.29) is 5.78 Å². The summed E-state index contributed by atoms with van der Waals surface area (Å²) in [5.41, 5.74) is 6.44.